The van der Waals surface area contributed by atoms with Crippen molar-refractivity contribution in [2.45, 2.75) is 18.9 Å². The van der Waals surface area contributed by atoms with Crippen molar-refractivity contribution < 1.29 is 9.18 Å². The van der Waals surface area contributed by atoms with Gasteiger partial charge in [-0.1, -0.05) is 35.9 Å². The van der Waals surface area contributed by atoms with Crippen LogP contribution in [-0.2, 0) is 6.42 Å². The summed E-state index contributed by atoms with van der Waals surface area (Å²) in [5, 5.41) is 2.97. The minimum Gasteiger partial charge on any atom is -0.321 e. The molecule has 0 heterocycles. The molecule has 2 amide bonds. The Kier molecular flexibility index (Phi) is 4.03. The predicted octanol–water partition coefficient (Wildman–Crippen LogP) is 4.63. The topological polar surface area (TPSA) is 32.3 Å². The number of carbonyl (C=O) groups is 1. The SMILES string of the molecule is CN(C(=O)Nc1cc(Cl)ccc1F)C1CCc2ccccc21. The number of anilines is 1. The largest absolute Gasteiger partial charge is 0.322 e. The summed E-state index contributed by atoms with van der Waals surface area (Å²) in [5.74, 6) is -0.502. The summed E-state index contributed by atoms with van der Waals surface area (Å²) in [6, 6.07) is 11.9. The molecule has 0 spiro atoms. The van der Waals surface area contributed by atoms with Gasteiger partial charge in [-0.2, -0.15) is 0 Å². The van der Waals surface area contributed by atoms with E-state index < -0.39 is 5.82 Å². The molecule has 0 aromatic heterocycles. The zero-order valence-electron chi connectivity index (χ0n) is 12.1. The standard InChI is InChI=1S/C17H16ClFN2O/c1-21(16-9-6-11-4-2-3-5-13(11)16)17(22)20-15-10-12(18)7-8-14(15)19/h2-5,7-8,10,16H,6,9H2,1H3,(H,20,22). The van der Waals surface area contributed by atoms with Gasteiger partial charge in [-0.25, -0.2) is 9.18 Å². The molecule has 114 valence electrons. The number of aryl methyl sites for hydroxylation is 1. The molecule has 2 aromatic rings. The summed E-state index contributed by atoms with van der Waals surface area (Å²) >= 11 is 5.84. The van der Waals surface area contributed by atoms with Gasteiger partial charge in [0.2, 0.25) is 0 Å². The Hall–Kier alpha value is -2.07. The Bertz CT molecular complexity index is 720. The van der Waals surface area contributed by atoms with Crippen LogP contribution in [0.4, 0.5) is 14.9 Å². The lowest BCUT2D eigenvalue weighted by atomic mass is 10.1. The number of fused-ring (bicyclic) bond motifs is 1. The average Bonchev–Trinajstić information content (AvgIpc) is 2.94. The van der Waals surface area contributed by atoms with E-state index in [1.807, 2.05) is 18.2 Å². The number of halogens is 2. The zero-order chi connectivity index (χ0) is 15.7. The third kappa shape index (κ3) is 2.79. The van der Waals surface area contributed by atoms with Gasteiger partial charge in [0.1, 0.15) is 5.82 Å². The molecule has 0 bridgehead atoms. The van der Waals surface area contributed by atoms with Gasteiger partial charge in [0.15, 0.2) is 0 Å². The van der Waals surface area contributed by atoms with Gasteiger partial charge in [-0.05, 0) is 42.2 Å². The highest BCUT2D eigenvalue weighted by atomic mass is 35.5. The highest BCUT2D eigenvalue weighted by molar-refractivity contribution is 6.30. The predicted molar refractivity (Wildman–Crippen MR) is 85.7 cm³/mol. The van der Waals surface area contributed by atoms with E-state index in [0.717, 1.165) is 18.4 Å². The molecule has 22 heavy (non-hydrogen) atoms. The van der Waals surface area contributed by atoms with Crippen LogP contribution in [0.2, 0.25) is 5.02 Å². The molecule has 5 heteroatoms. The summed E-state index contributed by atoms with van der Waals surface area (Å²) < 4.78 is 13.7. The summed E-state index contributed by atoms with van der Waals surface area (Å²) in [7, 11) is 1.73. The van der Waals surface area contributed by atoms with E-state index in [2.05, 4.69) is 11.4 Å². The zero-order valence-corrected chi connectivity index (χ0v) is 12.9. The molecule has 1 aliphatic rings. The van der Waals surface area contributed by atoms with Crippen molar-refractivity contribution in [1.82, 2.24) is 4.90 Å². The second-order valence-electron chi connectivity index (χ2n) is 5.42. The average molecular weight is 319 g/mol. The van der Waals surface area contributed by atoms with Crippen LogP contribution in [0, 0.1) is 5.82 Å². The Morgan fingerprint density at radius 2 is 2.09 bits per heavy atom. The first kappa shape index (κ1) is 14.9. The molecule has 0 saturated carbocycles. The Morgan fingerprint density at radius 3 is 2.91 bits per heavy atom. The Labute approximate surface area is 133 Å². The first-order valence-electron chi connectivity index (χ1n) is 7.13. The number of hydrogen-bond donors (Lipinski definition) is 1. The van der Waals surface area contributed by atoms with Crippen LogP contribution in [0.25, 0.3) is 0 Å². The van der Waals surface area contributed by atoms with Gasteiger partial charge in [0.25, 0.3) is 0 Å². The first-order chi connectivity index (χ1) is 10.6. The number of nitrogens with zero attached hydrogens (tertiary/aromatic N) is 1. The van der Waals surface area contributed by atoms with Crippen molar-refractivity contribution >= 4 is 23.3 Å². The minimum atomic E-state index is -0.502. The van der Waals surface area contributed by atoms with Gasteiger partial charge in [-0.3, -0.25) is 0 Å². The molecule has 0 aliphatic heterocycles. The quantitative estimate of drug-likeness (QED) is 0.860. The molecule has 1 atom stereocenters. The Morgan fingerprint density at radius 1 is 1.32 bits per heavy atom. The van der Waals surface area contributed by atoms with Crippen LogP contribution < -0.4 is 5.32 Å². The van der Waals surface area contributed by atoms with E-state index in [9.17, 15) is 9.18 Å². The third-order valence-electron chi connectivity index (χ3n) is 4.06. The lowest BCUT2D eigenvalue weighted by molar-refractivity contribution is 0.204. The number of amides is 2. The molecule has 1 aliphatic carbocycles. The van der Waals surface area contributed by atoms with E-state index in [1.165, 1.54) is 23.8 Å². The lowest BCUT2D eigenvalue weighted by Crippen LogP contribution is -2.34. The molecule has 3 rings (SSSR count). The van der Waals surface area contributed by atoms with Crippen LogP contribution in [0.1, 0.15) is 23.6 Å². The summed E-state index contributed by atoms with van der Waals surface area (Å²) in [6.45, 7) is 0. The van der Waals surface area contributed by atoms with Crippen molar-refractivity contribution in [2.75, 3.05) is 12.4 Å². The molecule has 0 saturated heterocycles. The van der Waals surface area contributed by atoms with Crippen LogP contribution >= 0.6 is 11.6 Å². The second kappa shape index (κ2) is 5.97. The van der Waals surface area contributed by atoms with Crippen molar-refractivity contribution in [3.63, 3.8) is 0 Å². The van der Waals surface area contributed by atoms with Crippen LogP contribution in [0.5, 0.6) is 0 Å². The van der Waals surface area contributed by atoms with Crippen LogP contribution in [-0.4, -0.2) is 18.0 Å². The monoisotopic (exact) mass is 318 g/mol. The fraction of sp³-hybridized carbons (Fsp3) is 0.235. The first-order valence-corrected chi connectivity index (χ1v) is 7.50. The molecular weight excluding hydrogens is 303 g/mol. The minimum absolute atomic E-state index is 0.0124. The second-order valence-corrected chi connectivity index (χ2v) is 5.85. The van der Waals surface area contributed by atoms with Crippen molar-refractivity contribution in [3.05, 3.63) is 64.4 Å². The summed E-state index contributed by atoms with van der Waals surface area (Å²) in [4.78, 5) is 14.0. The molecule has 0 fully saturated rings. The van der Waals surface area contributed by atoms with Crippen molar-refractivity contribution in [2.24, 2.45) is 0 Å². The molecule has 0 radical (unpaired) electrons. The van der Waals surface area contributed by atoms with Crippen LogP contribution in [0.3, 0.4) is 0 Å². The number of rotatable bonds is 2. The smallest absolute Gasteiger partial charge is 0.321 e. The van der Waals surface area contributed by atoms with E-state index in [1.54, 1.807) is 11.9 Å². The van der Waals surface area contributed by atoms with Crippen molar-refractivity contribution in [3.8, 4) is 0 Å². The molecule has 1 N–H and O–H groups in total. The molecule has 3 nitrogen and oxygen atoms in total. The highest BCUT2D eigenvalue weighted by Gasteiger charge is 2.28. The summed E-state index contributed by atoms with van der Waals surface area (Å²) in [5.41, 5.74) is 2.52. The number of benzene rings is 2. The van der Waals surface area contributed by atoms with E-state index in [0.29, 0.717) is 5.02 Å². The molecular formula is C17H16ClFN2O. The van der Waals surface area contributed by atoms with Gasteiger partial charge in [0.05, 0.1) is 11.7 Å². The number of carbonyl (C=O) groups excluding carboxylic acids is 1. The van der Waals surface area contributed by atoms with Gasteiger partial charge in [-0.15, -0.1) is 0 Å². The Balaban J connectivity index is 1.77. The maximum Gasteiger partial charge on any atom is 0.322 e. The highest BCUT2D eigenvalue weighted by Crippen LogP contribution is 2.35. The van der Waals surface area contributed by atoms with Crippen LogP contribution in [0.15, 0.2) is 42.5 Å². The number of urea groups is 1. The maximum absolute atomic E-state index is 13.7. The van der Waals surface area contributed by atoms with Gasteiger partial charge >= 0.3 is 6.03 Å². The van der Waals surface area contributed by atoms with Crippen molar-refractivity contribution in [1.29, 1.82) is 0 Å². The van der Waals surface area contributed by atoms with E-state index in [4.69, 9.17) is 11.6 Å². The van der Waals surface area contributed by atoms with E-state index >= 15 is 0 Å². The third-order valence-corrected chi connectivity index (χ3v) is 4.29. The fourth-order valence-electron chi connectivity index (χ4n) is 2.88. The summed E-state index contributed by atoms with van der Waals surface area (Å²) in [6.07, 6.45) is 1.82. The lowest BCUT2D eigenvalue weighted by Gasteiger charge is -2.25. The maximum atomic E-state index is 13.7. The normalized spacial score (nSPS) is 16.2. The van der Waals surface area contributed by atoms with E-state index in [-0.39, 0.29) is 17.8 Å². The molecule has 2 aromatic carbocycles. The number of nitrogens with one attached hydrogen (secondary N) is 1. The molecule has 1 unspecified atom stereocenters. The number of hydrogen-bond acceptors (Lipinski definition) is 1. The van der Waals surface area contributed by atoms with Gasteiger partial charge < -0.3 is 10.2 Å². The van der Waals surface area contributed by atoms with Gasteiger partial charge in [0, 0.05) is 12.1 Å². The fourth-order valence-corrected chi connectivity index (χ4v) is 3.05.